The first-order valence-electron chi connectivity index (χ1n) is 8.15. The largest absolute Gasteiger partial charge is 0.507 e. The molecule has 0 bridgehead atoms. The molecule has 2 N–H and O–H groups in total. The normalized spacial score (nSPS) is 11.7. The summed E-state index contributed by atoms with van der Waals surface area (Å²) in [7, 11) is 0.504. The molecule has 2 aromatic carbocycles. The van der Waals surface area contributed by atoms with E-state index in [1.807, 2.05) is 38.1 Å². The van der Waals surface area contributed by atoms with Crippen molar-refractivity contribution in [3.63, 3.8) is 0 Å². The van der Waals surface area contributed by atoms with Gasteiger partial charge in [0.2, 0.25) is 0 Å². The Morgan fingerprint density at radius 3 is 1.40 bits per heavy atom. The molecule has 0 aliphatic rings. The first kappa shape index (κ1) is 19.6. The van der Waals surface area contributed by atoms with Crippen LogP contribution in [0.25, 0.3) is 0 Å². The van der Waals surface area contributed by atoms with Gasteiger partial charge in [-0.15, -0.1) is 0 Å². The van der Waals surface area contributed by atoms with Gasteiger partial charge in [0.1, 0.15) is 23.0 Å². The van der Waals surface area contributed by atoms with Gasteiger partial charge in [-0.3, -0.25) is 0 Å². The molecule has 4 nitrogen and oxygen atoms in total. The Bertz CT molecular complexity index is 724. The van der Waals surface area contributed by atoms with Crippen molar-refractivity contribution in [3.05, 3.63) is 35.4 Å². The highest BCUT2D eigenvalue weighted by Crippen LogP contribution is 2.50. The van der Waals surface area contributed by atoms with E-state index in [9.17, 15) is 10.2 Å². The van der Waals surface area contributed by atoms with Crippen molar-refractivity contribution in [3.8, 4) is 23.0 Å². The number of aryl methyl sites for hydroxylation is 2. The number of benzene rings is 2. The number of methoxy groups -OCH3 is 2. The number of rotatable bonds is 5. The zero-order valence-corrected chi connectivity index (χ0v) is 17.9. The second-order valence-electron chi connectivity index (χ2n) is 7.13. The highest BCUT2D eigenvalue weighted by molar-refractivity contribution is 8.04. The van der Waals surface area contributed by atoms with Crippen LogP contribution in [0.1, 0.15) is 11.1 Å². The lowest BCUT2D eigenvalue weighted by Gasteiger charge is -2.32. The lowest BCUT2D eigenvalue weighted by atomic mass is 10.2. The smallest absolute Gasteiger partial charge is 0.126 e. The molecular formula is C19H27O4PSi. The third kappa shape index (κ3) is 3.93. The van der Waals surface area contributed by atoms with Crippen LogP contribution in [0.4, 0.5) is 0 Å². The molecule has 25 heavy (non-hydrogen) atoms. The average Bonchev–Trinajstić information content (AvgIpc) is 2.53. The van der Waals surface area contributed by atoms with Gasteiger partial charge in [-0.2, -0.15) is 0 Å². The van der Waals surface area contributed by atoms with Gasteiger partial charge in [0.15, 0.2) is 0 Å². The summed E-state index contributed by atoms with van der Waals surface area (Å²) in [5.41, 5.74) is 1.55. The Kier molecular flexibility index (Phi) is 5.70. The molecule has 0 heterocycles. The number of hydrogen-bond donors (Lipinski definition) is 2. The fraction of sp³-hybridized carbons (Fsp3) is 0.368. The number of aromatic hydroxyl groups is 2. The summed E-state index contributed by atoms with van der Waals surface area (Å²) in [6.07, 6.45) is 0. The van der Waals surface area contributed by atoms with Gasteiger partial charge in [0, 0.05) is 10.6 Å². The minimum Gasteiger partial charge on any atom is -0.507 e. The van der Waals surface area contributed by atoms with E-state index >= 15 is 0 Å². The summed E-state index contributed by atoms with van der Waals surface area (Å²) >= 11 is 0. The number of ether oxygens (including phenoxy) is 2. The zero-order chi connectivity index (χ0) is 18.9. The van der Waals surface area contributed by atoms with Gasteiger partial charge in [0.25, 0.3) is 0 Å². The van der Waals surface area contributed by atoms with Crippen LogP contribution in [0.5, 0.6) is 23.0 Å². The lowest BCUT2D eigenvalue weighted by molar-refractivity contribution is 0.412. The Balaban J connectivity index is 2.81. The molecule has 0 fully saturated rings. The van der Waals surface area contributed by atoms with Crippen molar-refractivity contribution in [2.45, 2.75) is 33.5 Å². The van der Waals surface area contributed by atoms with Gasteiger partial charge in [0.05, 0.1) is 22.0 Å². The molecule has 0 aromatic heterocycles. The monoisotopic (exact) mass is 378 g/mol. The summed E-state index contributed by atoms with van der Waals surface area (Å²) in [5.74, 6) is 2.01. The molecule has 0 saturated carbocycles. The molecule has 0 spiro atoms. The SMILES string of the molecule is COc1cc(C)c(O)c(P(c2cc(OC)cc(C)c2O)[Si](C)(C)C)c1. The molecule has 6 heteroatoms. The van der Waals surface area contributed by atoms with Crippen LogP contribution < -0.4 is 20.1 Å². The van der Waals surface area contributed by atoms with E-state index in [4.69, 9.17) is 9.47 Å². The van der Waals surface area contributed by atoms with Crippen molar-refractivity contribution in [2.75, 3.05) is 14.2 Å². The molecule has 0 saturated heterocycles. The van der Waals surface area contributed by atoms with Crippen molar-refractivity contribution in [1.29, 1.82) is 0 Å². The fourth-order valence-electron chi connectivity index (χ4n) is 2.89. The Morgan fingerprint density at radius 1 is 0.760 bits per heavy atom. The van der Waals surface area contributed by atoms with Crippen molar-refractivity contribution >= 4 is 25.8 Å². The first-order chi connectivity index (χ1) is 11.6. The zero-order valence-electron chi connectivity index (χ0n) is 16.0. The van der Waals surface area contributed by atoms with Crippen LogP contribution in [0.3, 0.4) is 0 Å². The second-order valence-corrected chi connectivity index (χ2v) is 18.5. The maximum atomic E-state index is 10.8. The maximum Gasteiger partial charge on any atom is 0.126 e. The Hall–Kier alpha value is -1.71. The maximum absolute atomic E-state index is 10.8. The molecule has 2 aromatic rings. The molecule has 136 valence electrons. The highest BCUT2D eigenvalue weighted by Gasteiger charge is 2.34. The Morgan fingerprint density at radius 2 is 1.12 bits per heavy atom. The topological polar surface area (TPSA) is 58.9 Å². The predicted octanol–water partition coefficient (Wildman–Crippen LogP) is 4.00. The molecular weight excluding hydrogens is 351 g/mol. The third-order valence-corrected chi connectivity index (χ3v) is 12.6. The van der Waals surface area contributed by atoms with Gasteiger partial charge in [-0.05, 0) is 56.7 Å². The summed E-state index contributed by atoms with van der Waals surface area (Å²) in [4.78, 5) is 0. The van der Waals surface area contributed by atoms with E-state index < -0.39 is 15.2 Å². The molecule has 0 aliphatic heterocycles. The molecule has 0 radical (unpaired) electrons. The van der Waals surface area contributed by atoms with E-state index in [2.05, 4.69) is 19.6 Å². The van der Waals surface area contributed by atoms with E-state index in [-0.39, 0.29) is 11.5 Å². The molecule has 0 amide bonds. The minimum atomic E-state index is -1.81. The van der Waals surface area contributed by atoms with Crippen molar-refractivity contribution in [2.24, 2.45) is 0 Å². The summed E-state index contributed by atoms with van der Waals surface area (Å²) < 4.78 is 10.8. The molecule has 2 rings (SSSR count). The summed E-state index contributed by atoms with van der Waals surface area (Å²) in [5, 5.41) is 23.2. The van der Waals surface area contributed by atoms with Gasteiger partial charge < -0.3 is 19.7 Å². The molecule has 0 aliphatic carbocycles. The van der Waals surface area contributed by atoms with Crippen LogP contribution in [-0.4, -0.2) is 32.2 Å². The predicted molar refractivity (Wildman–Crippen MR) is 108 cm³/mol. The van der Waals surface area contributed by atoms with E-state index in [0.717, 1.165) is 33.2 Å². The van der Waals surface area contributed by atoms with Gasteiger partial charge >= 0.3 is 0 Å². The van der Waals surface area contributed by atoms with Crippen LogP contribution in [-0.2, 0) is 0 Å². The van der Waals surface area contributed by atoms with E-state index in [1.54, 1.807) is 14.2 Å². The van der Waals surface area contributed by atoms with Crippen LogP contribution in [0.15, 0.2) is 24.3 Å². The number of phenols is 2. The Labute approximate surface area is 152 Å². The number of hydrogen-bond acceptors (Lipinski definition) is 4. The average molecular weight is 378 g/mol. The highest BCUT2D eigenvalue weighted by atomic mass is 31.4. The third-order valence-electron chi connectivity index (χ3n) is 4.13. The summed E-state index contributed by atoms with van der Waals surface area (Å²) in [6.45, 7) is 10.5. The van der Waals surface area contributed by atoms with Crippen molar-refractivity contribution in [1.82, 2.24) is 0 Å². The van der Waals surface area contributed by atoms with Crippen LogP contribution in [0.2, 0.25) is 19.6 Å². The van der Waals surface area contributed by atoms with E-state index in [1.165, 1.54) is 0 Å². The number of phenolic OH excluding ortho intramolecular Hbond substituents is 2. The van der Waals surface area contributed by atoms with Crippen LogP contribution in [0, 0.1) is 13.8 Å². The van der Waals surface area contributed by atoms with E-state index in [0.29, 0.717) is 0 Å². The van der Waals surface area contributed by atoms with Crippen LogP contribution >= 0.6 is 7.47 Å². The van der Waals surface area contributed by atoms with Gasteiger partial charge in [-0.25, -0.2) is 0 Å². The molecule has 0 atom stereocenters. The first-order valence-corrected chi connectivity index (χ1v) is 13.8. The fourth-order valence-corrected chi connectivity index (χ4v) is 11.2. The standard InChI is InChI=1S/C19H27O4PSi/c1-12-8-14(22-3)10-16(18(12)20)24(25(5,6)7)17-11-15(23-4)9-13(2)19(17)21/h8-11,20-21H,1-7H3. The second kappa shape index (κ2) is 7.26. The lowest BCUT2D eigenvalue weighted by Crippen LogP contribution is -2.31. The quantitative estimate of drug-likeness (QED) is 0.610. The summed E-state index contributed by atoms with van der Waals surface area (Å²) in [6, 6.07) is 7.46. The molecule has 0 unspecified atom stereocenters. The van der Waals surface area contributed by atoms with Crippen molar-refractivity contribution < 1.29 is 19.7 Å². The minimum absolute atomic E-state index is 0.286. The van der Waals surface area contributed by atoms with Gasteiger partial charge in [-0.1, -0.05) is 19.6 Å².